The summed E-state index contributed by atoms with van der Waals surface area (Å²) >= 11 is 0. The van der Waals surface area contributed by atoms with Gasteiger partial charge in [0.1, 0.15) is 11.6 Å². The van der Waals surface area contributed by atoms with E-state index in [9.17, 15) is 22.4 Å². The Labute approximate surface area is 190 Å². The SMILES string of the molecule is COc1ccc(NC(=O)CNC(=O)Nc2ccccc2)cc1NS(=O)(=O)c1ccc(F)cc1. The Kier molecular flexibility index (Phi) is 7.46. The molecule has 0 fully saturated rings. The van der Waals surface area contributed by atoms with Crippen LogP contribution < -0.4 is 25.4 Å². The van der Waals surface area contributed by atoms with E-state index in [1.165, 1.54) is 25.3 Å². The smallest absolute Gasteiger partial charge is 0.319 e. The van der Waals surface area contributed by atoms with E-state index in [0.29, 0.717) is 5.69 Å². The van der Waals surface area contributed by atoms with Crippen LogP contribution in [-0.4, -0.2) is 34.0 Å². The van der Waals surface area contributed by atoms with E-state index in [2.05, 4.69) is 20.7 Å². The van der Waals surface area contributed by atoms with Crippen LogP contribution in [0.2, 0.25) is 0 Å². The number of urea groups is 1. The number of anilines is 3. The van der Waals surface area contributed by atoms with Crippen molar-refractivity contribution in [1.82, 2.24) is 5.32 Å². The number of para-hydroxylation sites is 1. The Morgan fingerprint density at radius 2 is 1.61 bits per heavy atom. The molecule has 11 heteroatoms. The molecule has 172 valence electrons. The third-order valence-corrected chi connectivity index (χ3v) is 5.67. The molecule has 0 saturated heterocycles. The average molecular weight is 472 g/mol. The molecule has 4 N–H and O–H groups in total. The molecule has 0 saturated carbocycles. The molecule has 0 aliphatic rings. The van der Waals surface area contributed by atoms with Crippen LogP contribution in [0, 0.1) is 5.82 Å². The number of sulfonamides is 1. The third-order valence-electron chi connectivity index (χ3n) is 4.29. The summed E-state index contributed by atoms with van der Waals surface area (Å²) in [4.78, 5) is 24.0. The van der Waals surface area contributed by atoms with E-state index in [4.69, 9.17) is 4.74 Å². The minimum absolute atomic E-state index is 0.0643. The Morgan fingerprint density at radius 3 is 2.27 bits per heavy atom. The van der Waals surface area contributed by atoms with Crippen LogP contribution in [0.5, 0.6) is 5.75 Å². The van der Waals surface area contributed by atoms with E-state index in [-0.39, 0.29) is 28.6 Å². The summed E-state index contributed by atoms with van der Waals surface area (Å²) in [6.45, 7) is -0.318. The average Bonchev–Trinajstić information content (AvgIpc) is 2.79. The highest BCUT2D eigenvalue weighted by atomic mass is 32.2. The molecule has 33 heavy (non-hydrogen) atoms. The molecule has 0 aliphatic carbocycles. The molecule has 0 heterocycles. The van der Waals surface area contributed by atoms with E-state index < -0.39 is 27.8 Å². The van der Waals surface area contributed by atoms with Crippen molar-refractivity contribution in [3.63, 3.8) is 0 Å². The van der Waals surface area contributed by atoms with Crippen LogP contribution in [0.25, 0.3) is 0 Å². The molecule has 0 radical (unpaired) electrons. The number of amides is 3. The lowest BCUT2D eigenvalue weighted by Crippen LogP contribution is -2.35. The first-order valence-corrected chi connectivity index (χ1v) is 11.1. The van der Waals surface area contributed by atoms with Gasteiger partial charge in [0.25, 0.3) is 10.0 Å². The fraction of sp³-hybridized carbons (Fsp3) is 0.0909. The second-order valence-electron chi connectivity index (χ2n) is 6.70. The van der Waals surface area contributed by atoms with E-state index in [1.807, 2.05) is 0 Å². The number of hydrogen-bond donors (Lipinski definition) is 4. The Hall–Kier alpha value is -4.12. The number of halogens is 1. The van der Waals surface area contributed by atoms with Crippen molar-refractivity contribution in [2.45, 2.75) is 4.90 Å². The van der Waals surface area contributed by atoms with Crippen molar-refractivity contribution in [3.05, 3.63) is 78.6 Å². The lowest BCUT2D eigenvalue weighted by atomic mass is 10.2. The van der Waals surface area contributed by atoms with E-state index in [1.54, 1.807) is 30.3 Å². The summed E-state index contributed by atoms with van der Waals surface area (Å²) < 4.78 is 45.9. The van der Waals surface area contributed by atoms with Gasteiger partial charge in [-0.15, -0.1) is 0 Å². The van der Waals surface area contributed by atoms with Crippen LogP contribution in [0.1, 0.15) is 0 Å². The van der Waals surface area contributed by atoms with Crippen molar-refractivity contribution in [3.8, 4) is 5.75 Å². The number of carbonyl (C=O) groups excluding carboxylic acids is 2. The summed E-state index contributed by atoms with van der Waals surface area (Å²) in [6, 6.07) is 16.8. The maximum Gasteiger partial charge on any atom is 0.319 e. The molecule has 0 spiro atoms. The Morgan fingerprint density at radius 1 is 0.909 bits per heavy atom. The van der Waals surface area contributed by atoms with Gasteiger partial charge in [0.2, 0.25) is 5.91 Å². The first-order valence-electron chi connectivity index (χ1n) is 9.63. The number of benzene rings is 3. The first-order chi connectivity index (χ1) is 15.8. The zero-order valence-electron chi connectivity index (χ0n) is 17.5. The standard InChI is InChI=1S/C22H21FN4O5S/c1-32-20-12-9-17(13-19(20)27-33(30,31)18-10-7-15(23)8-11-18)25-21(28)14-24-22(29)26-16-5-3-2-4-6-16/h2-13,27H,14H2,1H3,(H,25,28)(H2,24,26,29). The first kappa shape index (κ1) is 23.5. The largest absolute Gasteiger partial charge is 0.495 e. The van der Waals surface area contributed by atoms with Crippen molar-refractivity contribution in [1.29, 1.82) is 0 Å². The maximum atomic E-state index is 13.1. The summed E-state index contributed by atoms with van der Waals surface area (Å²) in [7, 11) is -2.67. The molecule has 3 rings (SSSR count). The molecule has 0 atom stereocenters. The van der Waals surface area contributed by atoms with Gasteiger partial charge >= 0.3 is 6.03 Å². The zero-order valence-corrected chi connectivity index (χ0v) is 18.3. The van der Waals surface area contributed by atoms with Gasteiger partial charge in [-0.05, 0) is 54.6 Å². The molecule has 0 aromatic heterocycles. The number of ether oxygens (including phenoxy) is 1. The molecule has 0 aliphatic heterocycles. The quantitative estimate of drug-likeness (QED) is 0.400. The highest BCUT2D eigenvalue weighted by molar-refractivity contribution is 7.92. The zero-order chi connectivity index (χ0) is 23.8. The number of methoxy groups -OCH3 is 1. The van der Waals surface area contributed by atoms with Crippen molar-refractivity contribution < 1.29 is 27.1 Å². The second kappa shape index (κ2) is 10.5. The van der Waals surface area contributed by atoms with Gasteiger partial charge in [0, 0.05) is 11.4 Å². The van der Waals surface area contributed by atoms with E-state index >= 15 is 0 Å². The van der Waals surface area contributed by atoms with Crippen LogP contribution in [0.15, 0.2) is 77.7 Å². The predicted molar refractivity (Wildman–Crippen MR) is 122 cm³/mol. The van der Waals surface area contributed by atoms with Gasteiger partial charge < -0.3 is 20.7 Å². The lowest BCUT2D eigenvalue weighted by molar-refractivity contribution is -0.115. The Balaban J connectivity index is 1.64. The minimum atomic E-state index is -4.03. The Bertz CT molecular complexity index is 1240. The van der Waals surface area contributed by atoms with Gasteiger partial charge in [0.05, 0.1) is 24.2 Å². The predicted octanol–water partition coefficient (Wildman–Crippen LogP) is 3.40. The van der Waals surface area contributed by atoms with Gasteiger partial charge in [-0.3, -0.25) is 9.52 Å². The number of nitrogens with one attached hydrogen (secondary N) is 4. The monoisotopic (exact) mass is 472 g/mol. The molecular formula is C22H21FN4O5S. The van der Waals surface area contributed by atoms with Gasteiger partial charge in [0.15, 0.2) is 0 Å². The van der Waals surface area contributed by atoms with Crippen LogP contribution in [-0.2, 0) is 14.8 Å². The normalized spacial score (nSPS) is 10.7. The minimum Gasteiger partial charge on any atom is -0.495 e. The molecule has 3 amide bonds. The molecular weight excluding hydrogens is 451 g/mol. The van der Waals surface area contributed by atoms with Crippen molar-refractivity contribution in [2.24, 2.45) is 0 Å². The summed E-state index contributed by atoms with van der Waals surface area (Å²) in [5.41, 5.74) is 0.904. The molecule has 9 nitrogen and oxygen atoms in total. The number of carbonyl (C=O) groups is 2. The van der Waals surface area contributed by atoms with Gasteiger partial charge in [-0.25, -0.2) is 17.6 Å². The number of rotatable bonds is 8. The summed E-state index contributed by atoms with van der Waals surface area (Å²) in [5, 5.41) is 7.57. The molecule has 0 unspecified atom stereocenters. The summed E-state index contributed by atoms with van der Waals surface area (Å²) in [6.07, 6.45) is 0. The maximum absolute atomic E-state index is 13.1. The fourth-order valence-electron chi connectivity index (χ4n) is 2.75. The highest BCUT2D eigenvalue weighted by Gasteiger charge is 2.17. The van der Waals surface area contributed by atoms with Crippen LogP contribution in [0.3, 0.4) is 0 Å². The highest BCUT2D eigenvalue weighted by Crippen LogP contribution is 2.30. The molecule has 3 aromatic rings. The third kappa shape index (κ3) is 6.68. The fourth-order valence-corrected chi connectivity index (χ4v) is 3.81. The molecule has 3 aromatic carbocycles. The van der Waals surface area contributed by atoms with Crippen LogP contribution >= 0.6 is 0 Å². The van der Waals surface area contributed by atoms with Crippen LogP contribution in [0.4, 0.5) is 26.2 Å². The summed E-state index contributed by atoms with van der Waals surface area (Å²) in [5.74, 6) is -0.892. The number of hydrogen-bond acceptors (Lipinski definition) is 5. The van der Waals surface area contributed by atoms with Gasteiger partial charge in [-0.1, -0.05) is 18.2 Å². The van der Waals surface area contributed by atoms with Gasteiger partial charge in [-0.2, -0.15) is 0 Å². The van der Waals surface area contributed by atoms with E-state index in [0.717, 1.165) is 24.3 Å². The molecule has 0 bridgehead atoms. The lowest BCUT2D eigenvalue weighted by Gasteiger charge is -2.14. The van der Waals surface area contributed by atoms with Crippen molar-refractivity contribution in [2.75, 3.05) is 29.0 Å². The second-order valence-corrected chi connectivity index (χ2v) is 8.38. The van der Waals surface area contributed by atoms with Crippen molar-refractivity contribution >= 4 is 39.0 Å². The topological polar surface area (TPSA) is 126 Å².